The summed E-state index contributed by atoms with van der Waals surface area (Å²) >= 11 is 0. The first-order valence-corrected chi connectivity index (χ1v) is 9.01. The number of nitrogens with one attached hydrogen (secondary N) is 2. The van der Waals surface area contributed by atoms with Crippen LogP contribution in [0.25, 0.3) is 0 Å². The van der Waals surface area contributed by atoms with Gasteiger partial charge in [-0.3, -0.25) is 14.4 Å². The molecular weight excluding hydrogens is 358 g/mol. The minimum atomic E-state index is -0.470. The summed E-state index contributed by atoms with van der Waals surface area (Å²) in [5, 5.41) is 5.50. The number of carbonyl (C=O) groups excluding carboxylic acids is 3. The number of aryl methyl sites for hydroxylation is 1. The molecule has 1 saturated heterocycles. The first-order chi connectivity index (χ1) is 13.4. The second-order valence-corrected chi connectivity index (χ2v) is 6.83. The average Bonchev–Trinajstić information content (AvgIpc) is 3.03. The van der Waals surface area contributed by atoms with Crippen LogP contribution in [0.3, 0.4) is 0 Å². The highest BCUT2D eigenvalue weighted by Crippen LogP contribution is 2.34. The molecular formula is C21H23N3O4. The van der Waals surface area contributed by atoms with Crippen molar-refractivity contribution in [1.29, 1.82) is 0 Å². The molecule has 146 valence electrons. The average molecular weight is 381 g/mol. The zero-order chi connectivity index (χ0) is 20.3. The Morgan fingerprint density at radius 1 is 1.11 bits per heavy atom. The van der Waals surface area contributed by atoms with Crippen LogP contribution < -0.4 is 20.3 Å². The maximum atomic E-state index is 12.7. The number of ether oxygens (including phenoxy) is 1. The van der Waals surface area contributed by atoms with E-state index in [1.165, 1.54) is 6.92 Å². The number of hydrogen-bond acceptors (Lipinski definition) is 4. The number of hydrogen-bond donors (Lipinski definition) is 2. The highest BCUT2D eigenvalue weighted by molar-refractivity contribution is 6.04. The van der Waals surface area contributed by atoms with Crippen LogP contribution in [0, 0.1) is 12.8 Å². The molecule has 2 aromatic carbocycles. The van der Waals surface area contributed by atoms with E-state index in [2.05, 4.69) is 10.6 Å². The van der Waals surface area contributed by atoms with E-state index in [1.54, 1.807) is 36.3 Å². The number of nitrogens with zero attached hydrogens (tertiary/aromatic N) is 1. The number of rotatable bonds is 5. The Bertz CT molecular complexity index is 926. The molecule has 2 N–H and O–H groups in total. The molecule has 2 aromatic rings. The van der Waals surface area contributed by atoms with E-state index >= 15 is 0 Å². The molecule has 0 aromatic heterocycles. The van der Waals surface area contributed by atoms with Crippen LogP contribution in [0.15, 0.2) is 42.5 Å². The summed E-state index contributed by atoms with van der Waals surface area (Å²) in [6, 6.07) is 12.5. The van der Waals surface area contributed by atoms with Gasteiger partial charge in [0.15, 0.2) is 0 Å². The van der Waals surface area contributed by atoms with Crippen molar-refractivity contribution < 1.29 is 19.1 Å². The van der Waals surface area contributed by atoms with Crippen LogP contribution in [0.4, 0.5) is 17.1 Å². The lowest BCUT2D eigenvalue weighted by molar-refractivity contribution is -0.122. The van der Waals surface area contributed by atoms with Gasteiger partial charge >= 0.3 is 0 Å². The van der Waals surface area contributed by atoms with E-state index in [0.717, 1.165) is 5.56 Å². The Morgan fingerprint density at radius 2 is 1.82 bits per heavy atom. The minimum absolute atomic E-state index is 0.115. The Labute approximate surface area is 163 Å². The normalized spacial score (nSPS) is 16.0. The molecule has 0 saturated carbocycles. The topological polar surface area (TPSA) is 87.7 Å². The Morgan fingerprint density at radius 3 is 2.50 bits per heavy atom. The summed E-state index contributed by atoms with van der Waals surface area (Å²) < 4.78 is 5.37. The zero-order valence-electron chi connectivity index (χ0n) is 16.1. The van der Waals surface area contributed by atoms with Gasteiger partial charge in [-0.2, -0.15) is 0 Å². The van der Waals surface area contributed by atoms with Crippen LogP contribution in [0.1, 0.15) is 18.9 Å². The van der Waals surface area contributed by atoms with Gasteiger partial charge in [0.2, 0.25) is 17.7 Å². The van der Waals surface area contributed by atoms with E-state index in [0.29, 0.717) is 22.8 Å². The molecule has 1 heterocycles. The van der Waals surface area contributed by atoms with Crippen molar-refractivity contribution in [2.24, 2.45) is 5.92 Å². The molecule has 1 aliphatic heterocycles. The largest absolute Gasteiger partial charge is 0.495 e. The molecule has 0 aliphatic carbocycles. The summed E-state index contributed by atoms with van der Waals surface area (Å²) in [5.41, 5.74) is 2.84. The third-order valence-corrected chi connectivity index (χ3v) is 4.57. The van der Waals surface area contributed by atoms with Crippen molar-refractivity contribution in [3.8, 4) is 5.75 Å². The molecule has 28 heavy (non-hydrogen) atoms. The van der Waals surface area contributed by atoms with Gasteiger partial charge in [0, 0.05) is 31.3 Å². The van der Waals surface area contributed by atoms with Gasteiger partial charge in [0.1, 0.15) is 5.75 Å². The van der Waals surface area contributed by atoms with E-state index in [-0.39, 0.29) is 30.7 Å². The Balaban J connectivity index is 1.72. The van der Waals surface area contributed by atoms with Crippen LogP contribution >= 0.6 is 0 Å². The van der Waals surface area contributed by atoms with Gasteiger partial charge in [-0.25, -0.2) is 0 Å². The van der Waals surface area contributed by atoms with Gasteiger partial charge < -0.3 is 20.3 Å². The molecule has 1 aliphatic rings. The van der Waals surface area contributed by atoms with Crippen molar-refractivity contribution >= 4 is 34.8 Å². The fourth-order valence-electron chi connectivity index (χ4n) is 3.25. The van der Waals surface area contributed by atoms with E-state index in [4.69, 9.17) is 4.74 Å². The lowest BCUT2D eigenvalue weighted by Gasteiger charge is -2.20. The predicted octanol–water partition coefficient (Wildman–Crippen LogP) is 2.95. The fourth-order valence-corrected chi connectivity index (χ4v) is 3.25. The second kappa shape index (κ2) is 8.12. The molecule has 1 fully saturated rings. The zero-order valence-corrected chi connectivity index (χ0v) is 16.1. The Hall–Kier alpha value is -3.35. The summed E-state index contributed by atoms with van der Waals surface area (Å²) in [6.07, 6.45) is 0.133. The molecule has 3 amide bonds. The third-order valence-electron chi connectivity index (χ3n) is 4.57. The van der Waals surface area contributed by atoms with Crippen LogP contribution in [0.5, 0.6) is 5.75 Å². The van der Waals surface area contributed by atoms with Crippen molar-refractivity contribution in [2.75, 3.05) is 29.2 Å². The molecule has 0 unspecified atom stereocenters. The van der Waals surface area contributed by atoms with Gasteiger partial charge in [-0.1, -0.05) is 12.1 Å². The number of methoxy groups -OCH3 is 1. The molecule has 7 heteroatoms. The highest BCUT2D eigenvalue weighted by Gasteiger charge is 2.36. The maximum Gasteiger partial charge on any atom is 0.229 e. The van der Waals surface area contributed by atoms with Gasteiger partial charge in [0.25, 0.3) is 0 Å². The molecule has 1 atom stereocenters. The van der Waals surface area contributed by atoms with Crippen molar-refractivity contribution in [3.63, 3.8) is 0 Å². The van der Waals surface area contributed by atoms with Crippen LogP contribution in [-0.2, 0) is 14.4 Å². The molecule has 7 nitrogen and oxygen atoms in total. The van der Waals surface area contributed by atoms with Crippen LogP contribution in [-0.4, -0.2) is 31.4 Å². The van der Waals surface area contributed by atoms with Gasteiger partial charge in [0.05, 0.1) is 18.7 Å². The molecule has 3 rings (SSSR count). The van der Waals surface area contributed by atoms with Crippen molar-refractivity contribution in [3.05, 3.63) is 48.0 Å². The third kappa shape index (κ3) is 4.31. The predicted molar refractivity (Wildman–Crippen MR) is 108 cm³/mol. The first kappa shape index (κ1) is 19.4. The monoisotopic (exact) mass is 381 g/mol. The highest BCUT2D eigenvalue weighted by atomic mass is 16.5. The minimum Gasteiger partial charge on any atom is -0.495 e. The standard InChI is InChI=1S/C21H23N3O4/c1-13-7-8-19(28-3)18(9-13)24-12-15(10-20(24)26)21(27)23-17-6-4-5-16(11-17)22-14(2)25/h4-9,11,15H,10,12H2,1-3H3,(H,22,25)(H,23,27)/t15-/m1/s1. The van der Waals surface area contributed by atoms with Crippen molar-refractivity contribution in [2.45, 2.75) is 20.3 Å². The maximum absolute atomic E-state index is 12.7. The smallest absolute Gasteiger partial charge is 0.229 e. The molecule has 0 spiro atoms. The summed E-state index contributed by atoms with van der Waals surface area (Å²) in [6.45, 7) is 3.65. The Kier molecular flexibility index (Phi) is 5.63. The van der Waals surface area contributed by atoms with E-state index in [9.17, 15) is 14.4 Å². The molecule has 0 radical (unpaired) electrons. The number of benzene rings is 2. The lowest BCUT2D eigenvalue weighted by atomic mass is 10.1. The SMILES string of the molecule is COc1ccc(C)cc1N1C[C@H](C(=O)Nc2cccc(NC(C)=O)c2)CC1=O. The van der Waals surface area contributed by atoms with Gasteiger partial charge in [-0.15, -0.1) is 0 Å². The number of amides is 3. The molecule has 0 bridgehead atoms. The number of carbonyl (C=O) groups is 3. The van der Waals surface area contributed by atoms with E-state index < -0.39 is 5.92 Å². The lowest BCUT2D eigenvalue weighted by Crippen LogP contribution is -2.28. The number of anilines is 3. The van der Waals surface area contributed by atoms with Gasteiger partial charge in [-0.05, 0) is 42.8 Å². The first-order valence-electron chi connectivity index (χ1n) is 9.01. The summed E-state index contributed by atoms with van der Waals surface area (Å²) in [4.78, 5) is 38.0. The van der Waals surface area contributed by atoms with Crippen molar-refractivity contribution in [1.82, 2.24) is 0 Å². The fraction of sp³-hybridized carbons (Fsp3) is 0.286. The quantitative estimate of drug-likeness (QED) is 0.834. The second-order valence-electron chi connectivity index (χ2n) is 6.83. The summed E-state index contributed by atoms with van der Waals surface area (Å²) in [7, 11) is 1.56. The van der Waals surface area contributed by atoms with E-state index in [1.807, 2.05) is 25.1 Å². The summed E-state index contributed by atoms with van der Waals surface area (Å²) in [5.74, 6) is -0.406. The van der Waals surface area contributed by atoms with Crippen LogP contribution in [0.2, 0.25) is 0 Å².